The van der Waals surface area contributed by atoms with Crippen LogP contribution in [0, 0.1) is 6.92 Å². The average molecular weight is 647 g/mol. The summed E-state index contributed by atoms with van der Waals surface area (Å²) >= 11 is 0. The second-order valence-corrected chi connectivity index (χ2v) is 12.3. The van der Waals surface area contributed by atoms with E-state index in [0.29, 0.717) is 34.1 Å². The van der Waals surface area contributed by atoms with Crippen molar-refractivity contribution in [1.29, 1.82) is 0 Å². The van der Waals surface area contributed by atoms with Gasteiger partial charge in [-0.1, -0.05) is 70.9 Å². The second kappa shape index (κ2) is 19.9. The molecule has 2 N–H and O–H groups in total. The number of allylic oxidation sites excluding steroid dienone is 8. The Morgan fingerprint density at radius 3 is 1.49 bits per heavy atom. The molecular formula is C39H50O8. The minimum absolute atomic E-state index is 0.280. The molecule has 0 spiro atoms. The van der Waals surface area contributed by atoms with Crippen LogP contribution in [-0.2, 0) is 25.6 Å². The maximum atomic E-state index is 12.7. The first-order valence-corrected chi connectivity index (χ1v) is 16.3. The van der Waals surface area contributed by atoms with Gasteiger partial charge in [-0.05, 0) is 92.1 Å². The van der Waals surface area contributed by atoms with Gasteiger partial charge in [-0.3, -0.25) is 19.2 Å². The third kappa shape index (κ3) is 14.2. The molecule has 8 heteroatoms. The first-order chi connectivity index (χ1) is 22.3. The van der Waals surface area contributed by atoms with Crippen LogP contribution in [0.15, 0.2) is 70.9 Å². The lowest BCUT2D eigenvalue weighted by atomic mass is 9.95. The number of fused-ring (bicyclic) bond motifs is 1. The van der Waals surface area contributed by atoms with E-state index in [1.54, 1.807) is 31.2 Å². The number of esters is 2. The summed E-state index contributed by atoms with van der Waals surface area (Å²) in [6.45, 7) is 12.4. The lowest BCUT2D eigenvalue weighted by Crippen LogP contribution is -2.14. The van der Waals surface area contributed by atoms with E-state index in [1.165, 1.54) is 16.7 Å². The van der Waals surface area contributed by atoms with Gasteiger partial charge >= 0.3 is 23.9 Å². The van der Waals surface area contributed by atoms with Crippen LogP contribution >= 0.6 is 0 Å². The maximum Gasteiger partial charge on any atom is 0.311 e. The lowest BCUT2D eigenvalue weighted by molar-refractivity contribution is -0.142. The molecule has 0 radical (unpaired) electrons. The first kappa shape index (κ1) is 38.7. The van der Waals surface area contributed by atoms with Gasteiger partial charge in [0.2, 0.25) is 0 Å². The summed E-state index contributed by atoms with van der Waals surface area (Å²) in [5.74, 6) is -2.98. The molecular weight excluding hydrogens is 596 g/mol. The van der Waals surface area contributed by atoms with E-state index in [4.69, 9.17) is 19.7 Å². The van der Waals surface area contributed by atoms with Crippen molar-refractivity contribution >= 4 is 34.6 Å². The van der Waals surface area contributed by atoms with Gasteiger partial charge in [0.25, 0.3) is 0 Å². The highest BCUT2D eigenvalue weighted by Gasteiger charge is 2.23. The summed E-state index contributed by atoms with van der Waals surface area (Å²) < 4.78 is 11.5. The fraction of sp³-hybridized carbons (Fsp3) is 0.436. The van der Waals surface area contributed by atoms with Gasteiger partial charge in [0, 0.05) is 16.3 Å². The van der Waals surface area contributed by atoms with Crippen molar-refractivity contribution in [1.82, 2.24) is 0 Å². The van der Waals surface area contributed by atoms with E-state index in [1.807, 2.05) is 6.92 Å². The molecule has 0 saturated heterocycles. The van der Waals surface area contributed by atoms with Gasteiger partial charge < -0.3 is 19.7 Å². The molecule has 0 amide bonds. The Bertz CT molecular complexity index is 1550. The summed E-state index contributed by atoms with van der Waals surface area (Å²) in [4.78, 5) is 47.4. The number of aliphatic carboxylic acids is 2. The molecule has 0 aliphatic rings. The fourth-order valence-corrected chi connectivity index (χ4v) is 5.06. The smallest absolute Gasteiger partial charge is 0.311 e. The van der Waals surface area contributed by atoms with Gasteiger partial charge in [0.05, 0.1) is 25.7 Å². The minimum atomic E-state index is -1.10. The third-order valence-corrected chi connectivity index (χ3v) is 7.81. The third-order valence-electron chi connectivity index (χ3n) is 7.81. The summed E-state index contributed by atoms with van der Waals surface area (Å²) in [5, 5.41) is 19.1. The number of hydrogen-bond acceptors (Lipinski definition) is 6. The highest BCUT2D eigenvalue weighted by atomic mass is 16.5. The molecule has 0 unspecified atom stereocenters. The molecule has 0 fully saturated rings. The molecule has 8 nitrogen and oxygen atoms in total. The van der Waals surface area contributed by atoms with Crippen LogP contribution in [0.4, 0.5) is 0 Å². The molecule has 254 valence electrons. The lowest BCUT2D eigenvalue weighted by Gasteiger charge is -2.19. The van der Waals surface area contributed by atoms with E-state index in [0.717, 1.165) is 44.1 Å². The maximum absolute atomic E-state index is 12.7. The van der Waals surface area contributed by atoms with E-state index in [2.05, 4.69) is 52.0 Å². The summed E-state index contributed by atoms with van der Waals surface area (Å²) in [5.41, 5.74) is 6.47. The Morgan fingerprint density at radius 2 is 1.02 bits per heavy atom. The number of benzene rings is 2. The standard InChI is InChI=1S/C39H50O8/c1-26(2)12-9-13-27(3)14-10-15-28(4)16-11-17-29(5)20-21-31-30(6)38(46-36(44)24-22-34(40)41)32-18-7-8-19-33(32)39(31)47-37(45)25-23-35(42)43/h7-8,12,14,16,18-20H,9-11,13,15,17,21-25H2,1-6H3,(H,40,41)(H,42,43)/b27-14+,28-16+,29-20+. The van der Waals surface area contributed by atoms with Crippen LogP contribution < -0.4 is 9.47 Å². The molecule has 0 saturated carbocycles. The molecule has 0 atom stereocenters. The molecule has 0 heterocycles. The zero-order valence-electron chi connectivity index (χ0n) is 28.7. The number of carboxylic acids is 2. The highest BCUT2D eigenvalue weighted by Crippen LogP contribution is 2.41. The van der Waals surface area contributed by atoms with Gasteiger partial charge in [-0.25, -0.2) is 0 Å². The van der Waals surface area contributed by atoms with Crippen molar-refractivity contribution in [2.24, 2.45) is 0 Å². The average Bonchev–Trinajstić information content (AvgIpc) is 3.00. The largest absolute Gasteiger partial charge is 0.481 e. The Kier molecular flexibility index (Phi) is 16.4. The van der Waals surface area contributed by atoms with Crippen LogP contribution in [0.2, 0.25) is 0 Å². The van der Waals surface area contributed by atoms with Crippen molar-refractivity contribution in [3.8, 4) is 11.5 Å². The Morgan fingerprint density at radius 1 is 0.596 bits per heavy atom. The van der Waals surface area contributed by atoms with Crippen LogP contribution in [0.1, 0.15) is 110 Å². The Labute approximate surface area is 278 Å². The predicted molar refractivity (Wildman–Crippen MR) is 186 cm³/mol. The van der Waals surface area contributed by atoms with Crippen molar-refractivity contribution in [3.63, 3.8) is 0 Å². The summed E-state index contributed by atoms with van der Waals surface area (Å²) in [6.07, 6.45) is 14.0. The molecule has 0 aliphatic heterocycles. The summed E-state index contributed by atoms with van der Waals surface area (Å²) in [7, 11) is 0. The molecule has 0 aromatic heterocycles. The summed E-state index contributed by atoms with van der Waals surface area (Å²) in [6, 6.07) is 7.01. The van der Waals surface area contributed by atoms with Crippen molar-refractivity contribution in [2.75, 3.05) is 0 Å². The second-order valence-electron chi connectivity index (χ2n) is 12.3. The molecule has 0 aliphatic carbocycles. The predicted octanol–water partition coefficient (Wildman–Crippen LogP) is 9.38. The van der Waals surface area contributed by atoms with Gasteiger partial charge in [0.1, 0.15) is 11.5 Å². The quantitative estimate of drug-likeness (QED) is 0.0878. The number of rotatable bonds is 19. The highest BCUT2D eigenvalue weighted by molar-refractivity contribution is 5.99. The Hall–Kier alpha value is -4.46. The van der Waals surface area contributed by atoms with E-state index >= 15 is 0 Å². The molecule has 0 bridgehead atoms. The monoisotopic (exact) mass is 646 g/mol. The molecule has 2 aromatic rings. The van der Waals surface area contributed by atoms with Gasteiger partial charge in [-0.15, -0.1) is 0 Å². The number of ether oxygens (including phenoxy) is 2. The minimum Gasteiger partial charge on any atom is -0.481 e. The van der Waals surface area contributed by atoms with E-state index in [-0.39, 0.29) is 31.4 Å². The molecule has 2 aromatic carbocycles. The SMILES string of the molecule is CC(C)=CCC/C(C)=C/CC/C(C)=C/CC/C(C)=C/Cc1c(C)c(OC(=O)CCC(=O)O)c2ccccc2c1OC(=O)CCC(=O)O. The van der Waals surface area contributed by atoms with Crippen LogP contribution in [0.25, 0.3) is 10.8 Å². The topological polar surface area (TPSA) is 127 Å². The molecule has 2 rings (SSSR count). The molecule has 47 heavy (non-hydrogen) atoms. The van der Waals surface area contributed by atoms with Crippen LogP contribution in [-0.4, -0.2) is 34.1 Å². The van der Waals surface area contributed by atoms with E-state index in [9.17, 15) is 19.2 Å². The van der Waals surface area contributed by atoms with Gasteiger partial charge in [-0.2, -0.15) is 0 Å². The normalized spacial score (nSPS) is 12.2. The number of carbonyl (C=O) groups is 4. The number of hydrogen-bond donors (Lipinski definition) is 2. The number of carboxylic acid groups (broad SMARTS) is 2. The van der Waals surface area contributed by atoms with Crippen molar-refractivity contribution < 1.29 is 38.9 Å². The van der Waals surface area contributed by atoms with E-state index < -0.39 is 23.9 Å². The zero-order valence-corrected chi connectivity index (χ0v) is 28.7. The zero-order chi connectivity index (χ0) is 34.9. The van der Waals surface area contributed by atoms with Crippen LogP contribution in [0.3, 0.4) is 0 Å². The van der Waals surface area contributed by atoms with Gasteiger partial charge in [0.15, 0.2) is 0 Å². The van der Waals surface area contributed by atoms with Crippen molar-refractivity contribution in [2.45, 2.75) is 112 Å². The number of carbonyl (C=O) groups excluding carboxylic acids is 2. The fourth-order valence-electron chi connectivity index (χ4n) is 5.06. The van der Waals surface area contributed by atoms with Crippen molar-refractivity contribution in [3.05, 3.63) is 82.0 Å². The van der Waals surface area contributed by atoms with Crippen LogP contribution in [0.5, 0.6) is 11.5 Å². The first-order valence-electron chi connectivity index (χ1n) is 16.3. The Balaban J connectivity index is 2.27.